The summed E-state index contributed by atoms with van der Waals surface area (Å²) in [6.45, 7) is 0.232. The molecule has 1 aliphatic rings. The van der Waals surface area contributed by atoms with Crippen molar-refractivity contribution in [3.8, 4) is 0 Å². The second kappa shape index (κ2) is 3.64. The summed E-state index contributed by atoms with van der Waals surface area (Å²) in [5, 5.41) is 9.11. The van der Waals surface area contributed by atoms with Crippen molar-refractivity contribution in [1.82, 2.24) is 0 Å². The normalized spacial score (nSPS) is 16.2. The van der Waals surface area contributed by atoms with Gasteiger partial charge in [0.1, 0.15) is 0 Å². The second-order valence-electron chi connectivity index (χ2n) is 3.12. The molecule has 1 heterocycles. The van der Waals surface area contributed by atoms with Crippen LogP contribution < -0.4 is 0 Å². The highest BCUT2D eigenvalue weighted by Crippen LogP contribution is 2.35. The first-order chi connectivity index (χ1) is 5.83. The van der Waals surface area contributed by atoms with Crippen LogP contribution in [-0.2, 0) is 19.4 Å². The SMILES string of the molecule is OCc1sc(I)c2c1CCCC2. The van der Waals surface area contributed by atoms with Gasteiger partial charge in [0.05, 0.1) is 9.49 Å². The number of fused-ring (bicyclic) bond motifs is 1. The van der Waals surface area contributed by atoms with E-state index in [1.54, 1.807) is 11.3 Å². The Morgan fingerprint density at radius 2 is 1.92 bits per heavy atom. The Kier molecular flexibility index (Phi) is 2.72. The smallest absolute Gasteiger partial charge is 0.0777 e. The zero-order valence-corrected chi connectivity index (χ0v) is 9.74. The molecule has 3 heteroatoms. The molecule has 1 aromatic rings. The fourth-order valence-electron chi connectivity index (χ4n) is 1.79. The summed E-state index contributed by atoms with van der Waals surface area (Å²) >= 11 is 4.16. The Bertz CT molecular complexity index is 293. The summed E-state index contributed by atoms with van der Waals surface area (Å²) in [6.07, 6.45) is 5.03. The van der Waals surface area contributed by atoms with Gasteiger partial charge in [0, 0.05) is 4.88 Å². The number of aliphatic hydroxyl groups excluding tert-OH is 1. The third kappa shape index (κ3) is 1.42. The average molecular weight is 294 g/mol. The molecule has 0 atom stereocenters. The van der Waals surface area contributed by atoms with Crippen LogP contribution in [0.3, 0.4) is 0 Å². The lowest BCUT2D eigenvalue weighted by Gasteiger charge is -2.12. The molecule has 1 aromatic heterocycles. The van der Waals surface area contributed by atoms with Crippen LogP contribution in [0.1, 0.15) is 28.8 Å². The van der Waals surface area contributed by atoms with Gasteiger partial charge in [-0.2, -0.15) is 0 Å². The number of hydrogen-bond donors (Lipinski definition) is 1. The van der Waals surface area contributed by atoms with Gasteiger partial charge in [0.15, 0.2) is 0 Å². The molecule has 0 aromatic carbocycles. The van der Waals surface area contributed by atoms with Crippen LogP contribution >= 0.6 is 33.9 Å². The third-order valence-corrected chi connectivity index (χ3v) is 4.76. The van der Waals surface area contributed by atoms with Crippen LogP contribution in [0.5, 0.6) is 0 Å². The molecule has 12 heavy (non-hydrogen) atoms. The predicted octanol–water partition coefficient (Wildman–Crippen LogP) is 2.72. The maximum Gasteiger partial charge on any atom is 0.0777 e. The zero-order valence-electron chi connectivity index (χ0n) is 6.77. The van der Waals surface area contributed by atoms with Gasteiger partial charge in [-0.05, 0) is 59.4 Å². The van der Waals surface area contributed by atoms with Crippen molar-refractivity contribution in [3.05, 3.63) is 18.9 Å². The van der Waals surface area contributed by atoms with Crippen molar-refractivity contribution < 1.29 is 5.11 Å². The van der Waals surface area contributed by atoms with E-state index in [1.807, 2.05) is 0 Å². The first-order valence-electron chi connectivity index (χ1n) is 4.22. The van der Waals surface area contributed by atoms with E-state index < -0.39 is 0 Å². The number of hydrogen-bond acceptors (Lipinski definition) is 2. The van der Waals surface area contributed by atoms with E-state index in [0.717, 1.165) is 0 Å². The lowest BCUT2D eigenvalue weighted by atomic mass is 9.94. The summed E-state index contributed by atoms with van der Waals surface area (Å²) in [4.78, 5) is 1.20. The van der Waals surface area contributed by atoms with E-state index in [0.29, 0.717) is 0 Å². The number of thiophene rings is 1. The van der Waals surface area contributed by atoms with Gasteiger partial charge in [0.2, 0.25) is 0 Å². The highest BCUT2D eigenvalue weighted by Gasteiger charge is 2.18. The van der Waals surface area contributed by atoms with Crippen LogP contribution in [-0.4, -0.2) is 5.11 Å². The Balaban J connectivity index is 2.47. The third-order valence-electron chi connectivity index (χ3n) is 2.40. The quantitative estimate of drug-likeness (QED) is 0.790. The van der Waals surface area contributed by atoms with Gasteiger partial charge in [-0.1, -0.05) is 0 Å². The monoisotopic (exact) mass is 294 g/mol. The largest absolute Gasteiger partial charge is 0.391 e. The summed E-state index contributed by atoms with van der Waals surface area (Å²) in [7, 11) is 0. The summed E-state index contributed by atoms with van der Waals surface area (Å²) in [5.74, 6) is 0. The molecular weight excluding hydrogens is 283 g/mol. The molecule has 2 rings (SSSR count). The van der Waals surface area contributed by atoms with Crippen molar-refractivity contribution in [2.45, 2.75) is 32.3 Å². The van der Waals surface area contributed by atoms with Crippen LogP contribution in [0.2, 0.25) is 0 Å². The minimum atomic E-state index is 0.232. The van der Waals surface area contributed by atoms with Crippen LogP contribution in [0.15, 0.2) is 0 Å². The first-order valence-corrected chi connectivity index (χ1v) is 6.12. The summed E-state index contributed by atoms with van der Waals surface area (Å²) in [6, 6.07) is 0. The zero-order chi connectivity index (χ0) is 8.55. The lowest BCUT2D eigenvalue weighted by Crippen LogP contribution is -2.02. The molecule has 0 aliphatic heterocycles. The van der Waals surface area contributed by atoms with Crippen molar-refractivity contribution in [2.75, 3.05) is 0 Å². The van der Waals surface area contributed by atoms with E-state index >= 15 is 0 Å². The minimum absolute atomic E-state index is 0.232. The molecule has 0 amide bonds. The Hall–Kier alpha value is 0.390. The standard InChI is InChI=1S/C9H11IOS/c10-9-7-4-2-1-3-6(7)8(5-11)12-9/h11H,1-5H2. The molecule has 1 aliphatic carbocycles. The maximum absolute atomic E-state index is 9.11. The van der Waals surface area contributed by atoms with Crippen molar-refractivity contribution >= 4 is 33.9 Å². The Morgan fingerprint density at radius 3 is 2.58 bits per heavy atom. The van der Waals surface area contributed by atoms with Gasteiger partial charge in [-0.25, -0.2) is 0 Å². The van der Waals surface area contributed by atoms with E-state index in [-0.39, 0.29) is 6.61 Å². The lowest BCUT2D eigenvalue weighted by molar-refractivity contribution is 0.284. The number of halogens is 1. The van der Waals surface area contributed by atoms with E-state index in [1.165, 1.54) is 44.6 Å². The molecule has 0 radical (unpaired) electrons. The molecule has 0 saturated carbocycles. The first kappa shape index (κ1) is 8.97. The average Bonchev–Trinajstić information content (AvgIpc) is 2.44. The highest BCUT2D eigenvalue weighted by molar-refractivity contribution is 14.1. The molecule has 1 N–H and O–H groups in total. The van der Waals surface area contributed by atoms with Crippen LogP contribution in [0.25, 0.3) is 0 Å². The molecular formula is C9H11IOS. The number of aliphatic hydroxyl groups is 1. The van der Waals surface area contributed by atoms with Crippen molar-refractivity contribution in [2.24, 2.45) is 0 Å². The molecule has 1 nitrogen and oxygen atoms in total. The molecule has 0 unspecified atom stereocenters. The van der Waals surface area contributed by atoms with E-state index in [2.05, 4.69) is 22.6 Å². The maximum atomic E-state index is 9.11. The van der Waals surface area contributed by atoms with Gasteiger partial charge in [-0.15, -0.1) is 11.3 Å². The summed E-state index contributed by atoms with van der Waals surface area (Å²) < 4.78 is 1.39. The summed E-state index contributed by atoms with van der Waals surface area (Å²) in [5.41, 5.74) is 2.98. The Morgan fingerprint density at radius 1 is 1.25 bits per heavy atom. The van der Waals surface area contributed by atoms with Gasteiger partial charge < -0.3 is 5.11 Å². The van der Waals surface area contributed by atoms with E-state index in [9.17, 15) is 0 Å². The van der Waals surface area contributed by atoms with Crippen molar-refractivity contribution in [3.63, 3.8) is 0 Å². The second-order valence-corrected chi connectivity index (χ2v) is 6.04. The molecule has 66 valence electrons. The Labute approximate surface area is 89.9 Å². The fraction of sp³-hybridized carbons (Fsp3) is 0.556. The van der Waals surface area contributed by atoms with Gasteiger partial charge in [0.25, 0.3) is 0 Å². The minimum Gasteiger partial charge on any atom is -0.391 e. The molecule has 0 fully saturated rings. The molecule has 0 bridgehead atoms. The van der Waals surface area contributed by atoms with E-state index in [4.69, 9.17) is 5.11 Å². The fourth-order valence-corrected chi connectivity index (χ4v) is 4.16. The topological polar surface area (TPSA) is 20.2 Å². The molecule has 0 spiro atoms. The molecule has 0 saturated heterocycles. The number of rotatable bonds is 1. The predicted molar refractivity (Wildman–Crippen MR) is 59.6 cm³/mol. The van der Waals surface area contributed by atoms with Gasteiger partial charge in [-0.3, -0.25) is 0 Å². The van der Waals surface area contributed by atoms with Crippen LogP contribution in [0.4, 0.5) is 0 Å². The van der Waals surface area contributed by atoms with Gasteiger partial charge >= 0.3 is 0 Å². The van der Waals surface area contributed by atoms with Crippen LogP contribution in [0, 0.1) is 2.88 Å². The van der Waals surface area contributed by atoms with Crippen molar-refractivity contribution in [1.29, 1.82) is 0 Å². The highest BCUT2D eigenvalue weighted by atomic mass is 127.